The first-order valence-electron chi connectivity index (χ1n) is 7.07. The number of hydrogen-bond acceptors (Lipinski definition) is 5. The van der Waals surface area contributed by atoms with Crippen molar-refractivity contribution in [3.05, 3.63) is 29.8 Å². The maximum absolute atomic E-state index is 12.2. The molecule has 114 valence electrons. The molecule has 0 spiro atoms. The van der Waals surface area contributed by atoms with Crippen molar-refractivity contribution in [1.29, 1.82) is 5.26 Å². The lowest BCUT2D eigenvalue weighted by molar-refractivity contribution is 0.178. The highest BCUT2D eigenvalue weighted by Crippen LogP contribution is 2.16. The SMILES string of the molecule is CC(NCCS(=O)(=O)c1ccc(C#N)cc1)C1CCOC1. The zero-order valence-electron chi connectivity index (χ0n) is 12.1. The molecule has 1 saturated heterocycles. The molecule has 1 heterocycles. The molecule has 1 aliphatic heterocycles. The summed E-state index contributed by atoms with van der Waals surface area (Å²) in [4.78, 5) is 0.264. The van der Waals surface area contributed by atoms with Crippen LogP contribution in [0.25, 0.3) is 0 Å². The van der Waals surface area contributed by atoms with Gasteiger partial charge in [-0.3, -0.25) is 0 Å². The van der Waals surface area contributed by atoms with Gasteiger partial charge < -0.3 is 10.1 Å². The number of sulfone groups is 1. The number of nitriles is 1. The monoisotopic (exact) mass is 308 g/mol. The minimum Gasteiger partial charge on any atom is -0.381 e. The lowest BCUT2D eigenvalue weighted by Crippen LogP contribution is -2.36. The van der Waals surface area contributed by atoms with Gasteiger partial charge in [-0.2, -0.15) is 5.26 Å². The Kier molecular flexibility index (Phi) is 5.34. The Labute approximate surface area is 125 Å². The van der Waals surface area contributed by atoms with Crippen LogP contribution in [0.5, 0.6) is 0 Å². The zero-order valence-corrected chi connectivity index (χ0v) is 12.9. The summed E-state index contributed by atoms with van der Waals surface area (Å²) in [5.74, 6) is 0.513. The fraction of sp³-hybridized carbons (Fsp3) is 0.533. The summed E-state index contributed by atoms with van der Waals surface area (Å²) in [6, 6.07) is 8.26. The number of nitrogens with zero attached hydrogens (tertiary/aromatic N) is 1. The van der Waals surface area contributed by atoms with Gasteiger partial charge in [0.1, 0.15) is 0 Å². The van der Waals surface area contributed by atoms with Crippen molar-refractivity contribution in [2.24, 2.45) is 5.92 Å². The van der Waals surface area contributed by atoms with E-state index >= 15 is 0 Å². The Morgan fingerprint density at radius 2 is 2.14 bits per heavy atom. The molecule has 0 bridgehead atoms. The van der Waals surface area contributed by atoms with E-state index in [1.165, 1.54) is 24.3 Å². The molecule has 1 aromatic carbocycles. The molecule has 1 N–H and O–H groups in total. The number of ether oxygens (including phenoxy) is 1. The van der Waals surface area contributed by atoms with Gasteiger partial charge in [0.25, 0.3) is 0 Å². The molecule has 0 radical (unpaired) electrons. The molecule has 21 heavy (non-hydrogen) atoms. The zero-order chi connectivity index (χ0) is 15.3. The van der Waals surface area contributed by atoms with Gasteiger partial charge in [0.2, 0.25) is 0 Å². The largest absolute Gasteiger partial charge is 0.381 e. The minimum atomic E-state index is -3.31. The van der Waals surface area contributed by atoms with Crippen LogP contribution in [0.4, 0.5) is 0 Å². The molecule has 1 fully saturated rings. The molecule has 2 atom stereocenters. The van der Waals surface area contributed by atoms with E-state index < -0.39 is 9.84 Å². The Hall–Kier alpha value is -1.42. The number of nitrogens with one attached hydrogen (secondary N) is 1. The third-order valence-corrected chi connectivity index (χ3v) is 5.58. The van der Waals surface area contributed by atoms with E-state index in [1.807, 2.05) is 6.07 Å². The first-order valence-corrected chi connectivity index (χ1v) is 8.72. The summed E-state index contributed by atoms with van der Waals surface area (Å²) in [7, 11) is -3.31. The summed E-state index contributed by atoms with van der Waals surface area (Å²) in [5.41, 5.74) is 0.460. The van der Waals surface area contributed by atoms with E-state index in [1.54, 1.807) is 0 Å². The summed E-state index contributed by atoms with van der Waals surface area (Å²) >= 11 is 0. The first-order chi connectivity index (χ1) is 10.0. The molecular formula is C15H20N2O3S. The van der Waals surface area contributed by atoms with Crippen LogP contribution in [0.1, 0.15) is 18.9 Å². The van der Waals surface area contributed by atoms with Crippen LogP contribution in [0.15, 0.2) is 29.2 Å². The molecule has 1 aliphatic rings. The van der Waals surface area contributed by atoms with Crippen molar-refractivity contribution < 1.29 is 13.2 Å². The van der Waals surface area contributed by atoms with Crippen molar-refractivity contribution in [2.75, 3.05) is 25.5 Å². The third kappa shape index (κ3) is 4.27. The summed E-state index contributed by atoms with van der Waals surface area (Å²) in [6.07, 6.45) is 1.02. The van der Waals surface area contributed by atoms with E-state index in [2.05, 4.69) is 12.2 Å². The lowest BCUT2D eigenvalue weighted by atomic mass is 10.0. The van der Waals surface area contributed by atoms with Crippen molar-refractivity contribution in [1.82, 2.24) is 5.32 Å². The van der Waals surface area contributed by atoms with E-state index in [0.29, 0.717) is 18.0 Å². The number of rotatable bonds is 6. The van der Waals surface area contributed by atoms with Gasteiger partial charge in [0.05, 0.1) is 28.9 Å². The first kappa shape index (κ1) is 16.0. The lowest BCUT2D eigenvalue weighted by Gasteiger charge is -2.19. The molecule has 0 amide bonds. The second kappa shape index (κ2) is 7.03. The van der Waals surface area contributed by atoms with E-state index in [9.17, 15) is 8.42 Å². The van der Waals surface area contributed by atoms with Crippen molar-refractivity contribution >= 4 is 9.84 Å². The van der Waals surface area contributed by atoms with Gasteiger partial charge in [-0.25, -0.2) is 8.42 Å². The van der Waals surface area contributed by atoms with E-state index in [-0.39, 0.29) is 16.7 Å². The molecule has 1 aromatic rings. The average molecular weight is 308 g/mol. The highest BCUT2D eigenvalue weighted by atomic mass is 32.2. The smallest absolute Gasteiger partial charge is 0.179 e. The Bertz CT molecular complexity index is 599. The molecule has 0 saturated carbocycles. The minimum absolute atomic E-state index is 0.0524. The maximum Gasteiger partial charge on any atom is 0.179 e. The van der Waals surface area contributed by atoms with E-state index in [0.717, 1.165) is 19.6 Å². The highest BCUT2D eigenvalue weighted by molar-refractivity contribution is 7.91. The summed E-state index contributed by atoms with van der Waals surface area (Å²) in [5, 5.41) is 12.0. The average Bonchev–Trinajstić information content (AvgIpc) is 3.01. The fourth-order valence-electron chi connectivity index (χ4n) is 2.39. The standard InChI is InChI=1S/C15H20N2O3S/c1-12(14-6-8-20-11-14)17-7-9-21(18,19)15-4-2-13(10-16)3-5-15/h2-5,12,14,17H,6-9,11H2,1H3. The molecule has 5 nitrogen and oxygen atoms in total. The van der Waals surface area contributed by atoms with Crippen LogP contribution in [0.3, 0.4) is 0 Å². The molecule has 0 aliphatic carbocycles. The molecule has 6 heteroatoms. The van der Waals surface area contributed by atoms with Crippen LogP contribution < -0.4 is 5.32 Å². The van der Waals surface area contributed by atoms with E-state index in [4.69, 9.17) is 10.00 Å². The second-order valence-corrected chi connectivity index (χ2v) is 7.43. The van der Waals surface area contributed by atoms with Gasteiger partial charge in [-0.15, -0.1) is 0 Å². The third-order valence-electron chi connectivity index (χ3n) is 3.85. The van der Waals surface area contributed by atoms with Crippen LogP contribution >= 0.6 is 0 Å². The maximum atomic E-state index is 12.2. The molecule has 0 aromatic heterocycles. The molecule has 2 rings (SSSR count). The summed E-state index contributed by atoms with van der Waals surface area (Å²) < 4.78 is 29.7. The van der Waals surface area contributed by atoms with Gasteiger partial charge in [-0.05, 0) is 43.5 Å². The Balaban J connectivity index is 1.87. The highest BCUT2D eigenvalue weighted by Gasteiger charge is 2.22. The topological polar surface area (TPSA) is 79.2 Å². The van der Waals surface area contributed by atoms with Gasteiger partial charge in [0, 0.05) is 19.2 Å². The fourth-order valence-corrected chi connectivity index (χ4v) is 3.56. The van der Waals surface area contributed by atoms with Crippen LogP contribution in [0, 0.1) is 17.2 Å². The number of benzene rings is 1. The van der Waals surface area contributed by atoms with Gasteiger partial charge in [-0.1, -0.05) is 0 Å². The predicted molar refractivity (Wildman–Crippen MR) is 79.6 cm³/mol. The number of hydrogen-bond donors (Lipinski definition) is 1. The predicted octanol–water partition coefficient (Wildman–Crippen LogP) is 1.35. The Morgan fingerprint density at radius 1 is 1.43 bits per heavy atom. The van der Waals surface area contributed by atoms with Crippen molar-refractivity contribution in [2.45, 2.75) is 24.3 Å². The Morgan fingerprint density at radius 3 is 2.71 bits per heavy atom. The molecule has 2 unspecified atom stereocenters. The quantitative estimate of drug-likeness (QED) is 0.858. The molecular weight excluding hydrogens is 288 g/mol. The van der Waals surface area contributed by atoms with Gasteiger partial charge in [0.15, 0.2) is 9.84 Å². The van der Waals surface area contributed by atoms with Crippen LogP contribution in [0.2, 0.25) is 0 Å². The normalized spacial score (nSPS) is 20.1. The van der Waals surface area contributed by atoms with Crippen LogP contribution in [-0.2, 0) is 14.6 Å². The second-order valence-electron chi connectivity index (χ2n) is 5.32. The summed E-state index contributed by atoms with van der Waals surface area (Å²) in [6.45, 7) is 4.02. The van der Waals surface area contributed by atoms with Crippen molar-refractivity contribution in [3.63, 3.8) is 0 Å². The van der Waals surface area contributed by atoms with Crippen molar-refractivity contribution in [3.8, 4) is 6.07 Å². The van der Waals surface area contributed by atoms with Gasteiger partial charge >= 0.3 is 0 Å². The van der Waals surface area contributed by atoms with Crippen LogP contribution in [-0.4, -0.2) is 40.0 Å².